The molecule has 0 N–H and O–H groups in total. The zero-order chi connectivity index (χ0) is 24.9. The average molecular weight is 516 g/mol. The Morgan fingerprint density at radius 2 is 1.69 bits per heavy atom. The van der Waals surface area contributed by atoms with Gasteiger partial charge in [-0.05, 0) is 77.9 Å². The number of rotatable bonds is 8. The molecule has 1 fully saturated rings. The summed E-state index contributed by atoms with van der Waals surface area (Å²) < 4.78 is 37.9. The number of hydrogen-bond acceptors (Lipinski definition) is 5. The summed E-state index contributed by atoms with van der Waals surface area (Å²) in [6.07, 6.45) is 1.60. The van der Waals surface area contributed by atoms with Gasteiger partial charge < -0.3 is 9.47 Å². The Hall–Kier alpha value is -3.36. The van der Waals surface area contributed by atoms with Gasteiger partial charge >= 0.3 is 0 Å². The summed E-state index contributed by atoms with van der Waals surface area (Å²) in [5, 5.41) is -0.295. The Morgan fingerprint density at radius 3 is 2.40 bits per heavy atom. The second-order valence-electron chi connectivity index (χ2n) is 7.56. The number of imide groups is 1. The van der Waals surface area contributed by atoms with Gasteiger partial charge in [-0.1, -0.05) is 35.9 Å². The molecule has 0 aliphatic carbocycles. The molecular formula is C26H20ClF2NO4S. The molecule has 0 aromatic heterocycles. The van der Waals surface area contributed by atoms with E-state index in [0.29, 0.717) is 29.2 Å². The highest BCUT2D eigenvalue weighted by atomic mass is 35.5. The minimum Gasteiger partial charge on any atom is -0.490 e. The van der Waals surface area contributed by atoms with Gasteiger partial charge in [0.25, 0.3) is 11.1 Å². The molecule has 1 saturated heterocycles. The number of carbonyl (C=O) groups excluding carboxylic acids is 2. The summed E-state index contributed by atoms with van der Waals surface area (Å²) in [6, 6.07) is 15.0. The van der Waals surface area contributed by atoms with Gasteiger partial charge in [0.2, 0.25) is 0 Å². The van der Waals surface area contributed by atoms with Gasteiger partial charge in [0.1, 0.15) is 18.2 Å². The van der Waals surface area contributed by atoms with Crippen LogP contribution >= 0.6 is 23.4 Å². The zero-order valence-corrected chi connectivity index (χ0v) is 20.2. The molecule has 0 bridgehead atoms. The van der Waals surface area contributed by atoms with E-state index in [0.717, 1.165) is 28.3 Å². The van der Waals surface area contributed by atoms with Gasteiger partial charge in [-0.15, -0.1) is 0 Å². The van der Waals surface area contributed by atoms with Crippen molar-refractivity contribution in [2.75, 3.05) is 6.61 Å². The van der Waals surface area contributed by atoms with Crippen molar-refractivity contribution in [3.05, 3.63) is 98.9 Å². The fourth-order valence-corrected chi connectivity index (χ4v) is 4.42. The number of carbonyl (C=O) groups is 2. The van der Waals surface area contributed by atoms with Crippen LogP contribution in [-0.4, -0.2) is 22.7 Å². The summed E-state index contributed by atoms with van der Waals surface area (Å²) in [7, 11) is 0. The number of nitrogens with zero attached hydrogens (tertiary/aromatic N) is 1. The monoisotopic (exact) mass is 515 g/mol. The van der Waals surface area contributed by atoms with E-state index in [9.17, 15) is 18.4 Å². The van der Waals surface area contributed by atoms with Crippen molar-refractivity contribution in [1.29, 1.82) is 0 Å². The van der Waals surface area contributed by atoms with E-state index in [1.807, 2.05) is 6.92 Å². The second-order valence-corrected chi connectivity index (χ2v) is 8.96. The molecule has 0 spiro atoms. The van der Waals surface area contributed by atoms with Crippen LogP contribution in [-0.2, 0) is 17.9 Å². The topological polar surface area (TPSA) is 55.8 Å². The first-order chi connectivity index (χ1) is 16.8. The van der Waals surface area contributed by atoms with Gasteiger partial charge in [0.15, 0.2) is 11.5 Å². The van der Waals surface area contributed by atoms with Crippen LogP contribution in [0.5, 0.6) is 11.5 Å². The molecule has 9 heteroatoms. The van der Waals surface area contributed by atoms with Crippen LogP contribution < -0.4 is 9.47 Å². The molecule has 3 aromatic rings. The van der Waals surface area contributed by atoms with Crippen molar-refractivity contribution < 1.29 is 27.8 Å². The molecule has 0 unspecified atom stereocenters. The van der Waals surface area contributed by atoms with E-state index in [-0.39, 0.29) is 28.9 Å². The number of benzene rings is 3. The molecule has 1 aliphatic rings. The number of hydrogen-bond donors (Lipinski definition) is 0. The first kappa shape index (κ1) is 24.8. The van der Waals surface area contributed by atoms with E-state index < -0.39 is 17.0 Å². The van der Waals surface area contributed by atoms with E-state index in [4.69, 9.17) is 21.1 Å². The van der Waals surface area contributed by atoms with Crippen LogP contribution in [0.25, 0.3) is 6.08 Å². The Labute approximate surface area is 210 Å². The molecule has 0 radical (unpaired) electrons. The van der Waals surface area contributed by atoms with E-state index >= 15 is 0 Å². The van der Waals surface area contributed by atoms with Crippen molar-refractivity contribution >= 4 is 40.6 Å². The van der Waals surface area contributed by atoms with Crippen molar-refractivity contribution in [2.45, 2.75) is 20.1 Å². The molecule has 0 atom stereocenters. The minimum atomic E-state index is -0.497. The van der Waals surface area contributed by atoms with E-state index in [1.54, 1.807) is 36.4 Å². The third-order valence-corrected chi connectivity index (χ3v) is 6.35. The van der Waals surface area contributed by atoms with Gasteiger partial charge in [-0.25, -0.2) is 8.78 Å². The van der Waals surface area contributed by atoms with Crippen LogP contribution in [0.1, 0.15) is 23.6 Å². The lowest BCUT2D eigenvalue weighted by atomic mass is 10.1. The molecule has 180 valence electrons. The Kier molecular flexibility index (Phi) is 7.73. The van der Waals surface area contributed by atoms with Gasteiger partial charge in [0, 0.05) is 5.02 Å². The summed E-state index contributed by atoms with van der Waals surface area (Å²) in [5.41, 5.74) is 1.92. The number of thioether (sulfide) groups is 1. The fraction of sp³-hybridized carbons (Fsp3) is 0.154. The summed E-state index contributed by atoms with van der Waals surface area (Å²) in [6.45, 7) is 2.40. The molecular weight excluding hydrogens is 496 g/mol. The average Bonchev–Trinajstić information content (AvgIpc) is 3.08. The highest BCUT2D eigenvalue weighted by molar-refractivity contribution is 8.18. The highest BCUT2D eigenvalue weighted by Gasteiger charge is 2.35. The maximum atomic E-state index is 13.3. The predicted molar refractivity (Wildman–Crippen MR) is 131 cm³/mol. The Balaban J connectivity index is 1.50. The first-order valence-electron chi connectivity index (χ1n) is 10.7. The zero-order valence-electron chi connectivity index (χ0n) is 18.6. The van der Waals surface area contributed by atoms with Crippen LogP contribution in [0.2, 0.25) is 5.02 Å². The van der Waals surface area contributed by atoms with Crippen LogP contribution in [0.3, 0.4) is 0 Å². The Bertz CT molecular complexity index is 1300. The van der Waals surface area contributed by atoms with Crippen molar-refractivity contribution in [3.63, 3.8) is 0 Å². The predicted octanol–water partition coefficient (Wildman–Crippen LogP) is 6.83. The van der Waals surface area contributed by atoms with E-state index in [1.165, 1.54) is 24.3 Å². The number of amides is 2. The lowest BCUT2D eigenvalue weighted by Crippen LogP contribution is -2.27. The molecule has 1 aliphatic heterocycles. The maximum Gasteiger partial charge on any atom is 0.293 e. The molecule has 1 heterocycles. The van der Waals surface area contributed by atoms with Crippen LogP contribution in [0.4, 0.5) is 13.6 Å². The summed E-state index contributed by atoms with van der Waals surface area (Å²) >= 11 is 6.87. The molecule has 4 rings (SSSR count). The summed E-state index contributed by atoms with van der Waals surface area (Å²) in [5.74, 6) is -0.315. The SMILES string of the molecule is CCOc1cc(/C=C2\SC(=O)N(Cc3ccc(F)cc3Cl)C2=O)ccc1OCc1ccc(F)cc1. The Morgan fingerprint density at radius 1 is 0.943 bits per heavy atom. The highest BCUT2D eigenvalue weighted by Crippen LogP contribution is 2.36. The third-order valence-electron chi connectivity index (χ3n) is 5.09. The number of halogens is 3. The van der Waals surface area contributed by atoms with Crippen molar-refractivity contribution in [1.82, 2.24) is 4.90 Å². The normalized spacial score (nSPS) is 14.6. The van der Waals surface area contributed by atoms with Gasteiger partial charge in [0.05, 0.1) is 18.1 Å². The molecule has 5 nitrogen and oxygen atoms in total. The first-order valence-corrected chi connectivity index (χ1v) is 11.9. The molecule has 35 heavy (non-hydrogen) atoms. The van der Waals surface area contributed by atoms with Crippen LogP contribution in [0, 0.1) is 11.6 Å². The molecule has 0 saturated carbocycles. The summed E-state index contributed by atoms with van der Waals surface area (Å²) in [4.78, 5) is 26.7. The second kappa shape index (κ2) is 10.9. The standard InChI is InChI=1S/C26H20ClF2NO4S/c1-2-33-23-11-17(5-10-22(23)34-15-16-3-7-19(28)8-4-16)12-24-25(31)30(26(32)35-24)14-18-6-9-20(29)13-21(18)27/h3-13H,2,14-15H2,1H3/b24-12-. The molecule has 2 amide bonds. The smallest absolute Gasteiger partial charge is 0.293 e. The van der Waals surface area contributed by atoms with Gasteiger partial charge in [-0.3, -0.25) is 14.5 Å². The largest absolute Gasteiger partial charge is 0.490 e. The quantitative estimate of drug-likeness (QED) is 0.308. The fourth-order valence-electron chi connectivity index (χ4n) is 3.35. The lowest BCUT2D eigenvalue weighted by Gasteiger charge is -2.14. The van der Waals surface area contributed by atoms with Gasteiger partial charge in [-0.2, -0.15) is 0 Å². The van der Waals surface area contributed by atoms with Crippen molar-refractivity contribution in [3.8, 4) is 11.5 Å². The third kappa shape index (κ3) is 6.01. The maximum absolute atomic E-state index is 13.3. The minimum absolute atomic E-state index is 0.0541. The van der Waals surface area contributed by atoms with E-state index in [2.05, 4.69) is 0 Å². The molecule has 3 aromatic carbocycles. The van der Waals surface area contributed by atoms with Crippen LogP contribution in [0.15, 0.2) is 65.6 Å². The van der Waals surface area contributed by atoms with Crippen molar-refractivity contribution in [2.24, 2.45) is 0 Å². The number of ether oxygens (including phenoxy) is 2. The lowest BCUT2D eigenvalue weighted by molar-refractivity contribution is -0.123.